The molecule has 4 heterocycles. The summed E-state index contributed by atoms with van der Waals surface area (Å²) in [6, 6.07) is 18.6. The molecule has 0 saturated carbocycles. The highest BCUT2D eigenvalue weighted by Gasteiger charge is 2.59. The molecule has 1 fully saturated rings. The number of nitrogens with one attached hydrogen (secondary N) is 1. The lowest BCUT2D eigenvalue weighted by molar-refractivity contribution is -0.121. The van der Waals surface area contributed by atoms with E-state index < -0.39 is 11.5 Å². The van der Waals surface area contributed by atoms with E-state index in [2.05, 4.69) is 15.3 Å². The van der Waals surface area contributed by atoms with Crippen molar-refractivity contribution in [2.24, 2.45) is 0 Å². The summed E-state index contributed by atoms with van der Waals surface area (Å²) >= 11 is 0. The number of amides is 2. The number of imidazole rings is 1. The Morgan fingerprint density at radius 3 is 2.61 bits per heavy atom. The van der Waals surface area contributed by atoms with Crippen LogP contribution in [0.4, 0.5) is 5.69 Å². The highest BCUT2D eigenvalue weighted by Crippen LogP contribution is 2.54. The molecule has 4 aromatic rings. The van der Waals surface area contributed by atoms with E-state index >= 15 is 0 Å². The maximum Gasteiger partial charge on any atom is 0.254 e. The number of pyridine rings is 1. The molecule has 0 aliphatic carbocycles. The monoisotopic (exact) mass is 435 g/mol. The maximum atomic E-state index is 13.7. The minimum Gasteiger partial charge on any atom is -0.330 e. The molecule has 7 nitrogen and oxygen atoms in total. The van der Waals surface area contributed by atoms with E-state index in [0.717, 1.165) is 22.5 Å². The van der Waals surface area contributed by atoms with E-state index in [0.29, 0.717) is 18.5 Å². The first-order valence-corrected chi connectivity index (χ1v) is 10.9. The van der Waals surface area contributed by atoms with Gasteiger partial charge in [0.1, 0.15) is 5.41 Å². The average Bonchev–Trinajstić information content (AvgIpc) is 3.59. The molecule has 7 heteroatoms. The number of likely N-dealkylation sites (tertiary alicyclic amines) is 1. The first-order chi connectivity index (χ1) is 16.2. The van der Waals surface area contributed by atoms with Gasteiger partial charge in [0.25, 0.3) is 5.91 Å². The van der Waals surface area contributed by atoms with Crippen LogP contribution in [0.1, 0.15) is 33.9 Å². The number of hydrogen-bond donors (Lipinski definition) is 1. The lowest BCUT2D eigenvalue weighted by Crippen LogP contribution is -2.42. The molecule has 33 heavy (non-hydrogen) atoms. The van der Waals surface area contributed by atoms with Crippen LogP contribution in [0.25, 0.3) is 5.69 Å². The molecule has 2 aromatic heterocycles. The van der Waals surface area contributed by atoms with E-state index in [-0.39, 0.29) is 11.8 Å². The molecular formula is C26H21N5O2. The van der Waals surface area contributed by atoms with Crippen molar-refractivity contribution in [3.05, 3.63) is 108 Å². The van der Waals surface area contributed by atoms with Crippen LogP contribution in [-0.2, 0) is 10.2 Å². The van der Waals surface area contributed by atoms with Crippen LogP contribution in [0, 0.1) is 0 Å². The van der Waals surface area contributed by atoms with Crippen molar-refractivity contribution >= 4 is 17.5 Å². The number of benzene rings is 2. The van der Waals surface area contributed by atoms with Crippen LogP contribution >= 0.6 is 0 Å². The van der Waals surface area contributed by atoms with Crippen molar-refractivity contribution < 1.29 is 9.59 Å². The van der Waals surface area contributed by atoms with Crippen LogP contribution in [-0.4, -0.2) is 37.8 Å². The van der Waals surface area contributed by atoms with Gasteiger partial charge < -0.3 is 14.8 Å². The molecule has 162 valence electrons. The molecule has 2 aliphatic heterocycles. The molecule has 1 spiro atoms. The Morgan fingerprint density at radius 2 is 1.85 bits per heavy atom. The number of anilines is 1. The van der Waals surface area contributed by atoms with Crippen molar-refractivity contribution in [1.29, 1.82) is 0 Å². The zero-order chi connectivity index (χ0) is 22.4. The van der Waals surface area contributed by atoms with Gasteiger partial charge in [0.2, 0.25) is 5.91 Å². The molecule has 2 atom stereocenters. The fraction of sp³-hybridized carbons (Fsp3) is 0.154. The van der Waals surface area contributed by atoms with E-state index in [1.54, 1.807) is 24.9 Å². The molecule has 2 aliphatic rings. The largest absolute Gasteiger partial charge is 0.330 e. The number of carbonyl (C=O) groups excluding carboxylic acids is 2. The molecule has 2 aromatic carbocycles. The second-order valence-corrected chi connectivity index (χ2v) is 8.43. The Balaban J connectivity index is 1.42. The zero-order valence-electron chi connectivity index (χ0n) is 17.8. The van der Waals surface area contributed by atoms with E-state index in [9.17, 15) is 9.59 Å². The summed E-state index contributed by atoms with van der Waals surface area (Å²) in [7, 11) is 0. The van der Waals surface area contributed by atoms with Crippen molar-refractivity contribution in [2.45, 2.75) is 17.9 Å². The number of hydrogen-bond acceptors (Lipinski definition) is 4. The summed E-state index contributed by atoms with van der Waals surface area (Å²) in [6.45, 7) is 0.476. The minimum atomic E-state index is -0.841. The van der Waals surface area contributed by atoms with Crippen molar-refractivity contribution in [1.82, 2.24) is 19.4 Å². The third kappa shape index (κ3) is 2.89. The van der Waals surface area contributed by atoms with Crippen molar-refractivity contribution in [3.63, 3.8) is 0 Å². The predicted octanol–water partition coefficient (Wildman–Crippen LogP) is 3.74. The van der Waals surface area contributed by atoms with Crippen LogP contribution in [0.5, 0.6) is 0 Å². The van der Waals surface area contributed by atoms with Gasteiger partial charge >= 0.3 is 0 Å². The van der Waals surface area contributed by atoms with Gasteiger partial charge in [-0.1, -0.05) is 24.3 Å². The first kappa shape index (κ1) is 19.4. The third-order valence-electron chi connectivity index (χ3n) is 6.76. The summed E-state index contributed by atoms with van der Waals surface area (Å²) in [4.78, 5) is 37.4. The number of rotatable bonds is 3. The third-order valence-corrected chi connectivity index (χ3v) is 6.76. The lowest BCUT2D eigenvalue weighted by atomic mass is 9.73. The molecule has 0 radical (unpaired) electrons. The Bertz CT molecular complexity index is 1330. The highest BCUT2D eigenvalue weighted by molar-refractivity contribution is 6.08. The number of carbonyl (C=O) groups is 2. The number of para-hydroxylation sites is 1. The molecular weight excluding hydrogens is 414 g/mol. The topological polar surface area (TPSA) is 80.1 Å². The normalized spacial score (nSPS) is 21.3. The molecule has 2 unspecified atom stereocenters. The van der Waals surface area contributed by atoms with Gasteiger partial charge in [-0.3, -0.25) is 14.6 Å². The number of nitrogens with zero attached hydrogens (tertiary/aromatic N) is 4. The summed E-state index contributed by atoms with van der Waals surface area (Å²) in [5, 5.41) is 3.05. The van der Waals surface area contributed by atoms with Crippen molar-refractivity contribution in [3.8, 4) is 5.69 Å². The molecule has 1 saturated heterocycles. The van der Waals surface area contributed by atoms with Crippen LogP contribution in [0.3, 0.4) is 0 Å². The highest BCUT2D eigenvalue weighted by atomic mass is 16.2. The van der Waals surface area contributed by atoms with Gasteiger partial charge in [0.15, 0.2) is 0 Å². The fourth-order valence-electron chi connectivity index (χ4n) is 5.26. The number of aromatic nitrogens is 3. The van der Waals surface area contributed by atoms with Gasteiger partial charge in [-0.05, 0) is 53.9 Å². The predicted molar refractivity (Wildman–Crippen MR) is 123 cm³/mol. The lowest BCUT2D eigenvalue weighted by Gasteiger charge is -2.34. The standard InChI is InChI=1S/C26H21N5O2/c32-24(18-7-9-20(10-8-18)30-15-13-28-17-30)31-14-11-26(23(31)19-4-3-12-27-16-19)21-5-1-2-6-22(21)29-25(26)33/h1-10,12-13,15-17,23H,11,14H2,(H,29,33). The Kier molecular flexibility index (Phi) is 4.36. The Hall–Kier alpha value is -4.26. The van der Waals surface area contributed by atoms with Crippen molar-refractivity contribution in [2.75, 3.05) is 11.9 Å². The van der Waals surface area contributed by atoms with Crippen LogP contribution in [0.15, 0.2) is 91.8 Å². The van der Waals surface area contributed by atoms with Gasteiger partial charge in [-0.25, -0.2) is 4.98 Å². The van der Waals surface area contributed by atoms with Gasteiger partial charge in [0, 0.05) is 48.3 Å². The molecule has 1 N–H and O–H groups in total. The Morgan fingerprint density at radius 1 is 1.00 bits per heavy atom. The molecule has 0 bridgehead atoms. The van der Waals surface area contributed by atoms with Crippen LogP contribution < -0.4 is 5.32 Å². The summed E-state index contributed by atoms with van der Waals surface area (Å²) < 4.78 is 1.89. The Labute approximate surface area is 190 Å². The first-order valence-electron chi connectivity index (χ1n) is 10.9. The average molecular weight is 435 g/mol. The molecule has 2 amide bonds. The minimum absolute atomic E-state index is 0.0664. The maximum absolute atomic E-state index is 13.7. The summed E-state index contributed by atoms with van der Waals surface area (Å²) in [6.07, 6.45) is 9.30. The number of fused-ring (bicyclic) bond motifs is 2. The second-order valence-electron chi connectivity index (χ2n) is 8.43. The van der Waals surface area contributed by atoms with Gasteiger partial charge in [0.05, 0.1) is 12.4 Å². The van der Waals surface area contributed by atoms with E-state index in [4.69, 9.17) is 0 Å². The van der Waals surface area contributed by atoms with E-state index in [1.165, 1.54) is 0 Å². The summed E-state index contributed by atoms with van der Waals surface area (Å²) in [5.41, 5.74) is 3.27. The van der Waals surface area contributed by atoms with E-state index in [1.807, 2.05) is 76.3 Å². The molecule has 6 rings (SSSR count). The van der Waals surface area contributed by atoms with Gasteiger partial charge in [-0.2, -0.15) is 0 Å². The van der Waals surface area contributed by atoms with Gasteiger partial charge in [-0.15, -0.1) is 0 Å². The van der Waals surface area contributed by atoms with Crippen LogP contribution in [0.2, 0.25) is 0 Å². The quantitative estimate of drug-likeness (QED) is 0.532. The smallest absolute Gasteiger partial charge is 0.254 e. The fourth-order valence-corrected chi connectivity index (χ4v) is 5.26. The second kappa shape index (κ2) is 7.41. The summed E-state index contributed by atoms with van der Waals surface area (Å²) in [5.74, 6) is -0.168. The SMILES string of the molecule is O=C(c1ccc(-n2ccnc2)cc1)N1CCC2(C(=O)Nc3ccccc32)C1c1cccnc1. The zero-order valence-corrected chi connectivity index (χ0v) is 17.8.